The molecule has 0 saturated heterocycles. The maximum absolute atomic E-state index is 11.2. The van der Waals surface area contributed by atoms with E-state index in [1.54, 1.807) is 6.07 Å². The number of ketones is 1. The molecule has 0 spiro atoms. The zero-order valence-corrected chi connectivity index (χ0v) is 10.6. The van der Waals surface area contributed by atoms with Crippen molar-refractivity contribution in [1.29, 1.82) is 0 Å². The predicted molar refractivity (Wildman–Crippen MR) is 46.3 cm³/mol. The van der Waals surface area contributed by atoms with E-state index >= 15 is 0 Å². The topological polar surface area (TPSA) is 57.2 Å². The molecule has 1 aromatic carbocycles. The van der Waals surface area contributed by atoms with Crippen molar-refractivity contribution in [2.24, 2.45) is 0 Å². The van der Waals surface area contributed by atoms with E-state index in [1.807, 2.05) is 0 Å². The van der Waals surface area contributed by atoms with Crippen molar-refractivity contribution in [3.8, 4) is 0 Å². The number of carbonyl (C=O) groups is 1. The first kappa shape index (κ1) is 12.1. The Kier molecular flexibility index (Phi) is 4.04. The Labute approximate surface area is 106 Å². The molecule has 14 heavy (non-hydrogen) atoms. The second-order valence-electron chi connectivity index (χ2n) is 2.98. The van der Waals surface area contributed by atoms with E-state index in [4.69, 9.17) is 0 Å². The fraction of sp³-hybridized carbons (Fsp3) is 0.222. The summed E-state index contributed by atoms with van der Waals surface area (Å²) in [6.07, 6.45) is 1.24. The van der Waals surface area contributed by atoms with Gasteiger partial charge in [-0.25, -0.2) is 0 Å². The van der Waals surface area contributed by atoms with Crippen molar-refractivity contribution in [3.05, 3.63) is 29.3 Å². The minimum atomic E-state index is -2.24. The van der Waals surface area contributed by atoms with Gasteiger partial charge in [0.2, 0.25) is 0 Å². The fourth-order valence-corrected chi connectivity index (χ4v) is 1.91. The normalized spacial score (nSPS) is 15.9. The van der Waals surface area contributed by atoms with Gasteiger partial charge in [-0.1, -0.05) is 6.07 Å². The van der Waals surface area contributed by atoms with Crippen molar-refractivity contribution >= 4 is 16.9 Å². The van der Waals surface area contributed by atoms with Crippen LogP contribution in [0.5, 0.6) is 0 Å². The summed E-state index contributed by atoms with van der Waals surface area (Å²) in [7, 11) is 0. The number of carbonyl (C=O) groups excluding carboxylic acids is 1. The molecule has 1 aliphatic carbocycles. The van der Waals surface area contributed by atoms with Gasteiger partial charge in [0.25, 0.3) is 0 Å². The van der Waals surface area contributed by atoms with Crippen molar-refractivity contribution < 1.29 is 43.1 Å². The first-order valence-electron chi connectivity index (χ1n) is 3.94. The molecule has 0 fully saturated rings. The van der Waals surface area contributed by atoms with Gasteiger partial charge in [-0.15, -0.1) is 0 Å². The van der Waals surface area contributed by atoms with Gasteiger partial charge in [0, 0.05) is 16.9 Å². The van der Waals surface area contributed by atoms with Crippen LogP contribution >= 0.6 is 0 Å². The molecule has 5 heteroatoms. The molecule has 0 heterocycles. The number of rotatable bonds is 1. The van der Waals surface area contributed by atoms with Gasteiger partial charge < -0.3 is 4.55 Å². The van der Waals surface area contributed by atoms with Gasteiger partial charge in [0.1, 0.15) is 0 Å². The quantitative estimate of drug-likeness (QED) is 0.407. The standard InChI is InChI=1S/C9H8O3S.Na/c10-9-4-2-6-1-3-7(13(11)12)5-8(6)9;/h1,3,5H,2,4H2,(H,11,12);/q;+1/p-1. The second-order valence-corrected chi connectivity index (χ2v) is 3.92. The zero-order valence-electron chi connectivity index (χ0n) is 7.78. The molecule has 0 aromatic heterocycles. The molecule has 2 rings (SSSR count). The SMILES string of the molecule is O=C1CCc2ccc(S(=O)[O-])cc21.[Na+]. The third-order valence-electron chi connectivity index (χ3n) is 2.20. The summed E-state index contributed by atoms with van der Waals surface area (Å²) in [5.41, 5.74) is 1.53. The summed E-state index contributed by atoms with van der Waals surface area (Å²) in [6, 6.07) is 4.69. The summed E-state index contributed by atoms with van der Waals surface area (Å²) in [5.74, 6) is 0.0438. The van der Waals surface area contributed by atoms with Crippen LogP contribution in [0.1, 0.15) is 22.3 Å². The summed E-state index contributed by atoms with van der Waals surface area (Å²) < 4.78 is 21.2. The van der Waals surface area contributed by atoms with Crippen molar-refractivity contribution in [2.75, 3.05) is 0 Å². The van der Waals surface area contributed by atoms with Crippen LogP contribution in [0, 0.1) is 0 Å². The molecule has 0 saturated carbocycles. The monoisotopic (exact) mass is 218 g/mol. The van der Waals surface area contributed by atoms with Gasteiger partial charge in [-0.3, -0.25) is 9.00 Å². The Morgan fingerprint density at radius 3 is 2.64 bits per heavy atom. The molecule has 0 bridgehead atoms. The Morgan fingerprint density at radius 2 is 2.00 bits per heavy atom. The van der Waals surface area contributed by atoms with Crippen LogP contribution in [-0.4, -0.2) is 14.5 Å². The van der Waals surface area contributed by atoms with Crippen LogP contribution in [0.4, 0.5) is 0 Å². The Morgan fingerprint density at radius 1 is 1.29 bits per heavy atom. The number of aryl methyl sites for hydroxylation is 1. The van der Waals surface area contributed by atoms with Gasteiger partial charge in [-0.05, 0) is 35.2 Å². The van der Waals surface area contributed by atoms with Crippen LogP contribution in [-0.2, 0) is 17.5 Å². The van der Waals surface area contributed by atoms with E-state index < -0.39 is 11.1 Å². The first-order valence-corrected chi connectivity index (χ1v) is 5.01. The number of Topliss-reactive ketones (excluding diaryl/α,β-unsaturated/α-hetero) is 1. The van der Waals surface area contributed by atoms with Gasteiger partial charge >= 0.3 is 29.6 Å². The molecule has 0 aliphatic heterocycles. The van der Waals surface area contributed by atoms with Crippen LogP contribution in [0.15, 0.2) is 23.1 Å². The molecule has 1 aliphatic rings. The second kappa shape index (κ2) is 4.68. The largest absolute Gasteiger partial charge is 1.00 e. The molecule has 1 aromatic rings. The predicted octanol–water partition coefficient (Wildman–Crippen LogP) is -1.94. The number of hydrogen-bond donors (Lipinski definition) is 0. The summed E-state index contributed by atoms with van der Waals surface area (Å²) in [5, 5.41) is 0. The first-order chi connectivity index (χ1) is 6.18. The molecule has 0 amide bonds. The molecule has 1 atom stereocenters. The Hall–Kier alpha value is -0.000000000000000222. The van der Waals surface area contributed by atoms with Crippen LogP contribution < -0.4 is 29.6 Å². The van der Waals surface area contributed by atoms with Gasteiger partial charge in [-0.2, -0.15) is 0 Å². The average molecular weight is 218 g/mol. The maximum Gasteiger partial charge on any atom is 1.00 e. The molecular weight excluding hydrogens is 211 g/mol. The summed E-state index contributed by atoms with van der Waals surface area (Å²) >= 11 is -2.24. The molecule has 0 N–H and O–H groups in total. The fourth-order valence-electron chi connectivity index (χ4n) is 1.52. The number of benzene rings is 1. The van der Waals surface area contributed by atoms with E-state index in [9.17, 15) is 13.6 Å². The molecular formula is C9H7NaO3S. The zero-order chi connectivity index (χ0) is 9.42. The van der Waals surface area contributed by atoms with Crippen LogP contribution in [0.2, 0.25) is 0 Å². The van der Waals surface area contributed by atoms with E-state index in [-0.39, 0.29) is 40.2 Å². The minimum Gasteiger partial charge on any atom is -0.768 e. The van der Waals surface area contributed by atoms with Crippen LogP contribution in [0.25, 0.3) is 0 Å². The Bertz CT molecular complexity index is 403. The summed E-state index contributed by atoms with van der Waals surface area (Å²) in [4.78, 5) is 11.4. The van der Waals surface area contributed by atoms with E-state index in [0.29, 0.717) is 12.0 Å². The van der Waals surface area contributed by atoms with Gasteiger partial charge in [0.15, 0.2) is 5.78 Å². The maximum atomic E-state index is 11.2. The van der Waals surface area contributed by atoms with Crippen molar-refractivity contribution in [2.45, 2.75) is 17.7 Å². The summed E-state index contributed by atoms with van der Waals surface area (Å²) in [6.45, 7) is 0. The number of fused-ring (bicyclic) bond motifs is 1. The van der Waals surface area contributed by atoms with Crippen molar-refractivity contribution in [1.82, 2.24) is 0 Å². The van der Waals surface area contributed by atoms with E-state index in [0.717, 1.165) is 12.0 Å². The molecule has 1 unspecified atom stereocenters. The third-order valence-corrected chi connectivity index (χ3v) is 2.83. The molecule has 68 valence electrons. The Balaban J connectivity index is 0.000000980. The number of hydrogen-bond acceptors (Lipinski definition) is 3. The minimum absolute atomic E-state index is 0. The van der Waals surface area contributed by atoms with E-state index in [1.165, 1.54) is 12.1 Å². The van der Waals surface area contributed by atoms with Gasteiger partial charge in [0.05, 0.1) is 0 Å². The smallest absolute Gasteiger partial charge is 0.768 e. The van der Waals surface area contributed by atoms with E-state index in [2.05, 4.69) is 0 Å². The average Bonchev–Trinajstić information content (AvgIpc) is 2.47. The molecule has 3 nitrogen and oxygen atoms in total. The van der Waals surface area contributed by atoms with Crippen LogP contribution in [0.3, 0.4) is 0 Å². The van der Waals surface area contributed by atoms with Crippen molar-refractivity contribution in [3.63, 3.8) is 0 Å². The third kappa shape index (κ3) is 2.15. The molecule has 0 radical (unpaired) electrons.